The van der Waals surface area contributed by atoms with Gasteiger partial charge in [0.1, 0.15) is 0 Å². The maximum absolute atomic E-state index is 12.5. The summed E-state index contributed by atoms with van der Waals surface area (Å²) in [5.41, 5.74) is 5.04. The van der Waals surface area contributed by atoms with Crippen molar-refractivity contribution in [3.05, 3.63) is 94.5 Å². The molecule has 1 saturated heterocycles. The van der Waals surface area contributed by atoms with Gasteiger partial charge < -0.3 is 5.32 Å². The van der Waals surface area contributed by atoms with Crippen molar-refractivity contribution in [1.29, 1.82) is 0 Å². The first-order valence-corrected chi connectivity index (χ1v) is 14.2. The second-order valence-electron chi connectivity index (χ2n) is 9.24. The summed E-state index contributed by atoms with van der Waals surface area (Å²) in [4.78, 5) is 14.8. The molecule has 0 aliphatic carbocycles. The molecule has 2 atom stereocenters. The Labute approximate surface area is 213 Å². The van der Waals surface area contributed by atoms with Crippen LogP contribution in [0.25, 0.3) is 11.1 Å². The average Bonchev–Trinajstić information content (AvgIpc) is 3.36. The summed E-state index contributed by atoms with van der Waals surface area (Å²) < 4.78 is 23.7. The lowest BCUT2D eigenvalue weighted by Gasteiger charge is -2.24. The zero-order chi connectivity index (χ0) is 25.0. The number of sulfone groups is 1. The van der Waals surface area contributed by atoms with Crippen LogP contribution >= 0.6 is 11.6 Å². The minimum Gasteiger partial charge on any atom is -0.352 e. The summed E-state index contributed by atoms with van der Waals surface area (Å²) >= 11 is 5.95. The fourth-order valence-electron chi connectivity index (χ4n) is 4.51. The molecule has 0 radical (unpaired) electrons. The molecule has 1 fully saturated rings. The fourth-order valence-corrected chi connectivity index (χ4v) is 5.63. The van der Waals surface area contributed by atoms with E-state index in [1.54, 1.807) is 0 Å². The van der Waals surface area contributed by atoms with Gasteiger partial charge in [-0.25, -0.2) is 8.42 Å². The van der Waals surface area contributed by atoms with Gasteiger partial charge in [0.15, 0.2) is 9.84 Å². The lowest BCUT2D eigenvalue weighted by Crippen LogP contribution is -2.28. The van der Waals surface area contributed by atoms with Crippen LogP contribution in [0.4, 0.5) is 0 Å². The Balaban J connectivity index is 1.26. The zero-order valence-corrected chi connectivity index (χ0v) is 21.6. The fraction of sp³-hybridized carbons (Fsp3) is 0.321. The van der Waals surface area contributed by atoms with E-state index < -0.39 is 9.84 Å². The van der Waals surface area contributed by atoms with E-state index in [2.05, 4.69) is 41.4 Å². The van der Waals surface area contributed by atoms with Gasteiger partial charge in [-0.1, -0.05) is 60.1 Å². The summed E-state index contributed by atoms with van der Waals surface area (Å²) in [6.45, 7) is 4.06. The third-order valence-electron chi connectivity index (χ3n) is 6.82. The van der Waals surface area contributed by atoms with Crippen LogP contribution in [0.2, 0.25) is 5.02 Å². The first-order valence-electron chi connectivity index (χ1n) is 11.9. The maximum Gasteiger partial charge on any atom is 0.251 e. The molecule has 184 valence electrons. The van der Waals surface area contributed by atoms with E-state index in [1.807, 2.05) is 48.5 Å². The Morgan fingerprint density at radius 3 is 2.17 bits per heavy atom. The largest absolute Gasteiger partial charge is 0.352 e. The highest BCUT2D eigenvalue weighted by atomic mass is 35.5. The van der Waals surface area contributed by atoms with E-state index in [-0.39, 0.29) is 17.2 Å². The van der Waals surface area contributed by atoms with Crippen molar-refractivity contribution in [2.75, 3.05) is 25.9 Å². The summed E-state index contributed by atoms with van der Waals surface area (Å²) in [7, 11) is -2.99. The number of nitrogens with zero attached hydrogens (tertiary/aromatic N) is 1. The van der Waals surface area contributed by atoms with Crippen LogP contribution in [0.3, 0.4) is 0 Å². The first kappa shape index (κ1) is 25.4. The Morgan fingerprint density at radius 1 is 1.00 bits per heavy atom. The second-order valence-corrected chi connectivity index (χ2v) is 12.0. The molecule has 3 aromatic carbocycles. The number of carbonyl (C=O) groups excluding carboxylic acids is 1. The number of hydrogen-bond acceptors (Lipinski definition) is 4. The van der Waals surface area contributed by atoms with Crippen molar-refractivity contribution in [2.24, 2.45) is 0 Å². The van der Waals surface area contributed by atoms with Gasteiger partial charge in [-0.2, -0.15) is 0 Å². The minimum atomic E-state index is -2.99. The van der Waals surface area contributed by atoms with E-state index in [1.165, 1.54) is 11.8 Å². The molecule has 4 rings (SSSR count). The smallest absolute Gasteiger partial charge is 0.251 e. The number of rotatable bonds is 8. The number of hydrogen-bond donors (Lipinski definition) is 1. The van der Waals surface area contributed by atoms with Crippen molar-refractivity contribution >= 4 is 27.3 Å². The Hall–Kier alpha value is -2.67. The van der Waals surface area contributed by atoms with Crippen LogP contribution in [0.5, 0.6) is 0 Å². The van der Waals surface area contributed by atoms with Crippen LogP contribution in [0, 0.1) is 0 Å². The van der Waals surface area contributed by atoms with Crippen LogP contribution in [0.1, 0.15) is 40.9 Å². The van der Waals surface area contributed by atoms with E-state index in [0.717, 1.165) is 29.7 Å². The molecule has 0 aromatic heterocycles. The van der Waals surface area contributed by atoms with Gasteiger partial charge in [0.25, 0.3) is 5.91 Å². The normalized spacial score (nSPS) is 17.3. The monoisotopic (exact) mass is 510 g/mol. The number of amides is 1. The highest BCUT2D eigenvalue weighted by Gasteiger charge is 2.32. The second kappa shape index (κ2) is 10.9. The highest BCUT2D eigenvalue weighted by molar-refractivity contribution is 7.91. The van der Waals surface area contributed by atoms with Gasteiger partial charge in [0, 0.05) is 42.5 Å². The van der Waals surface area contributed by atoms with Crippen LogP contribution in [-0.2, 0) is 16.3 Å². The quantitative estimate of drug-likeness (QED) is 0.454. The maximum atomic E-state index is 12.5. The third kappa shape index (κ3) is 6.51. The number of halogens is 1. The molecule has 1 N–H and O–H groups in total. The first-order chi connectivity index (χ1) is 16.7. The molecule has 1 heterocycles. The lowest BCUT2D eigenvalue weighted by atomic mass is 10.0. The minimum absolute atomic E-state index is 0.0904. The van der Waals surface area contributed by atoms with Crippen LogP contribution in [-0.4, -0.2) is 50.4 Å². The van der Waals surface area contributed by atoms with E-state index in [9.17, 15) is 13.2 Å². The molecule has 7 heteroatoms. The predicted octanol–water partition coefficient (Wildman–Crippen LogP) is 5.16. The van der Waals surface area contributed by atoms with E-state index in [4.69, 9.17) is 11.6 Å². The summed E-state index contributed by atoms with van der Waals surface area (Å²) in [6.07, 6.45) is 2.77. The molecule has 0 saturated carbocycles. The Morgan fingerprint density at radius 2 is 1.60 bits per heavy atom. The molecular formula is C28H31ClN2O3S. The average molecular weight is 511 g/mol. The van der Waals surface area contributed by atoms with Crippen molar-refractivity contribution in [3.8, 4) is 11.1 Å². The SMILES string of the molecule is CC(c1ccc(CCNC(=O)c2ccc(-c3ccc(Cl)cc3)cc2)cc1)N1CCC(S(C)(=O)=O)C1. The molecule has 1 aliphatic heterocycles. The van der Waals surface area contributed by atoms with Gasteiger partial charge in [0.05, 0.1) is 5.25 Å². The van der Waals surface area contributed by atoms with Gasteiger partial charge in [-0.05, 0) is 66.3 Å². The Kier molecular flexibility index (Phi) is 7.95. The molecular weight excluding hydrogens is 480 g/mol. The molecule has 1 aliphatic rings. The molecule has 2 unspecified atom stereocenters. The summed E-state index contributed by atoms with van der Waals surface area (Å²) in [5.74, 6) is -0.0904. The van der Waals surface area contributed by atoms with Crippen molar-refractivity contribution in [3.63, 3.8) is 0 Å². The van der Waals surface area contributed by atoms with E-state index in [0.29, 0.717) is 30.1 Å². The predicted molar refractivity (Wildman–Crippen MR) is 143 cm³/mol. The van der Waals surface area contributed by atoms with Crippen LogP contribution in [0.15, 0.2) is 72.8 Å². The Bertz CT molecular complexity index is 1260. The number of benzene rings is 3. The van der Waals surface area contributed by atoms with Gasteiger partial charge >= 0.3 is 0 Å². The summed E-state index contributed by atoms with van der Waals surface area (Å²) in [6, 6.07) is 23.7. The standard InChI is InChI=1S/C28H31ClN2O3S/c1-20(31-18-16-27(19-31)35(2,33)34)22-5-3-21(4-6-22)15-17-30-28(32)25-9-7-23(8-10-25)24-11-13-26(29)14-12-24/h3-14,20,27H,15-19H2,1-2H3,(H,30,32). The van der Waals surface area contributed by atoms with E-state index >= 15 is 0 Å². The lowest BCUT2D eigenvalue weighted by molar-refractivity contribution is 0.0954. The van der Waals surface area contributed by atoms with Gasteiger partial charge in [-0.3, -0.25) is 9.69 Å². The third-order valence-corrected chi connectivity index (χ3v) is 8.66. The number of carbonyl (C=O) groups is 1. The summed E-state index contributed by atoms with van der Waals surface area (Å²) in [5, 5.41) is 3.43. The van der Waals surface area contributed by atoms with Gasteiger partial charge in [0.2, 0.25) is 0 Å². The van der Waals surface area contributed by atoms with Crippen molar-refractivity contribution in [2.45, 2.75) is 31.1 Å². The topological polar surface area (TPSA) is 66.5 Å². The molecule has 0 spiro atoms. The van der Waals surface area contributed by atoms with Gasteiger partial charge in [-0.15, -0.1) is 0 Å². The zero-order valence-electron chi connectivity index (χ0n) is 20.1. The van der Waals surface area contributed by atoms with Crippen molar-refractivity contribution < 1.29 is 13.2 Å². The molecule has 35 heavy (non-hydrogen) atoms. The molecule has 3 aromatic rings. The molecule has 0 bridgehead atoms. The van der Waals surface area contributed by atoms with Crippen molar-refractivity contribution in [1.82, 2.24) is 10.2 Å². The number of likely N-dealkylation sites (tertiary alicyclic amines) is 1. The molecule has 5 nitrogen and oxygen atoms in total. The molecule has 1 amide bonds. The number of nitrogens with one attached hydrogen (secondary N) is 1. The highest BCUT2D eigenvalue weighted by Crippen LogP contribution is 2.27. The van der Waals surface area contributed by atoms with Crippen LogP contribution < -0.4 is 5.32 Å².